The van der Waals surface area contributed by atoms with Gasteiger partial charge in [-0.2, -0.15) is 11.8 Å². The lowest BCUT2D eigenvalue weighted by atomic mass is 9.94. The predicted octanol–water partition coefficient (Wildman–Crippen LogP) is 5.00. The molecule has 2 aromatic carbocycles. The minimum atomic E-state index is -1.44. The fourth-order valence-corrected chi connectivity index (χ4v) is 4.82. The molecular weight excluding hydrogens is 400 g/mol. The Morgan fingerprint density at radius 1 is 1.23 bits per heavy atom. The Labute approximate surface area is 179 Å². The average Bonchev–Trinajstić information content (AvgIpc) is 3.13. The van der Waals surface area contributed by atoms with Gasteiger partial charge in [0.1, 0.15) is 0 Å². The van der Waals surface area contributed by atoms with Crippen molar-refractivity contribution in [3.8, 4) is 11.5 Å². The normalized spacial score (nSPS) is 16.4. The molecule has 30 heavy (non-hydrogen) atoms. The average molecular weight is 425 g/mol. The van der Waals surface area contributed by atoms with Crippen LogP contribution in [0.2, 0.25) is 0 Å². The van der Waals surface area contributed by atoms with Crippen LogP contribution in [0.1, 0.15) is 24.0 Å². The summed E-state index contributed by atoms with van der Waals surface area (Å²) in [4.78, 5) is 13.9. The highest BCUT2D eigenvalue weighted by atomic mass is 32.2. The van der Waals surface area contributed by atoms with E-state index in [-0.39, 0.29) is 11.5 Å². The topological polar surface area (TPSA) is 94.6 Å². The number of carboxylic acid groups (broad SMARTS) is 1. The number of aromatic amines is 1. The van der Waals surface area contributed by atoms with Gasteiger partial charge in [0.15, 0.2) is 11.5 Å². The van der Waals surface area contributed by atoms with E-state index >= 15 is 0 Å². The van der Waals surface area contributed by atoms with E-state index in [1.54, 1.807) is 6.07 Å². The molecule has 156 valence electrons. The van der Waals surface area contributed by atoms with Crippen LogP contribution in [0.4, 0.5) is 4.79 Å². The van der Waals surface area contributed by atoms with Crippen LogP contribution in [0.25, 0.3) is 16.5 Å². The number of hydrogen-bond donors (Lipinski definition) is 4. The number of hydrogen-bond acceptors (Lipinski definition) is 5. The van der Waals surface area contributed by atoms with E-state index in [0.717, 1.165) is 47.4 Å². The Morgan fingerprint density at radius 3 is 2.87 bits per heavy atom. The number of aromatic hydroxyl groups is 1. The third-order valence-corrected chi connectivity index (χ3v) is 6.32. The lowest BCUT2D eigenvalue weighted by Gasteiger charge is -2.24. The summed E-state index contributed by atoms with van der Waals surface area (Å²) in [6.07, 6.45) is 4.84. The highest BCUT2D eigenvalue weighted by Crippen LogP contribution is 2.34. The number of H-pyrrole nitrogens is 1. The van der Waals surface area contributed by atoms with Crippen molar-refractivity contribution in [2.24, 2.45) is 0 Å². The summed E-state index contributed by atoms with van der Waals surface area (Å²) in [6, 6.07) is 14.1. The van der Waals surface area contributed by atoms with Crippen LogP contribution in [0, 0.1) is 0 Å². The van der Waals surface area contributed by atoms with Gasteiger partial charge >= 0.3 is 6.16 Å². The molecule has 0 spiro atoms. The molecule has 1 unspecified atom stereocenters. The molecule has 6 nitrogen and oxygen atoms in total. The van der Waals surface area contributed by atoms with E-state index in [1.807, 2.05) is 24.0 Å². The van der Waals surface area contributed by atoms with Gasteiger partial charge in [-0.25, -0.2) is 4.79 Å². The van der Waals surface area contributed by atoms with Crippen LogP contribution >= 0.6 is 11.8 Å². The number of nitrogens with one attached hydrogen (secondary N) is 2. The quantitative estimate of drug-likeness (QED) is 0.242. The zero-order valence-corrected chi connectivity index (χ0v) is 17.2. The zero-order chi connectivity index (χ0) is 20.9. The van der Waals surface area contributed by atoms with Gasteiger partial charge in [0.25, 0.3) is 0 Å². The first kappa shape index (κ1) is 20.4. The second-order valence-corrected chi connectivity index (χ2v) is 8.40. The van der Waals surface area contributed by atoms with E-state index in [4.69, 9.17) is 5.11 Å². The minimum Gasteiger partial charge on any atom is -0.504 e. The SMILES string of the molecule is O=C(O)Oc1cc2c(CSCCC3CC(c4ccccc4)=CCN3)c[nH]c2cc1O. The van der Waals surface area contributed by atoms with E-state index in [2.05, 4.69) is 45.4 Å². The Kier molecular flexibility index (Phi) is 6.30. The summed E-state index contributed by atoms with van der Waals surface area (Å²) >= 11 is 1.84. The fourth-order valence-electron chi connectivity index (χ4n) is 3.76. The first-order valence-corrected chi connectivity index (χ1v) is 11.0. The summed E-state index contributed by atoms with van der Waals surface area (Å²) in [7, 11) is 0. The monoisotopic (exact) mass is 424 g/mol. The molecule has 1 atom stereocenters. The molecule has 0 amide bonds. The minimum absolute atomic E-state index is 0.0486. The fraction of sp³-hybridized carbons (Fsp3) is 0.261. The number of carbonyl (C=O) groups is 1. The molecule has 0 bridgehead atoms. The number of benzene rings is 2. The third-order valence-electron chi connectivity index (χ3n) is 5.28. The molecule has 1 aliphatic rings. The van der Waals surface area contributed by atoms with Crippen molar-refractivity contribution in [3.63, 3.8) is 0 Å². The maximum atomic E-state index is 10.8. The summed E-state index contributed by atoms with van der Waals surface area (Å²) in [5.74, 6) is 1.57. The molecule has 1 aromatic heterocycles. The largest absolute Gasteiger partial charge is 0.511 e. The van der Waals surface area contributed by atoms with Crippen molar-refractivity contribution in [2.75, 3.05) is 12.3 Å². The lowest BCUT2D eigenvalue weighted by Crippen LogP contribution is -2.33. The molecule has 3 aromatic rings. The Bertz CT molecular complexity index is 1060. The van der Waals surface area contributed by atoms with Crippen molar-refractivity contribution < 1.29 is 19.7 Å². The van der Waals surface area contributed by atoms with Gasteiger partial charge in [-0.05, 0) is 41.4 Å². The van der Waals surface area contributed by atoms with Crippen LogP contribution < -0.4 is 10.1 Å². The Balaban J connectivity index is 1.32. The molecule has 4 N–H and O–H groups in total. The standard InChI is InChI=1S/C23H24N2O4S/c26-21-12-20-19(11-22(21)29-23(27)28)17(13-25-20)14-30-9-7-18-10-16(6-8-24-18)15-4-2-1-3-5-15/h1-6,11-13,18,24-26H,7-10,14H2,(H,27,28). The molecule has 4 rings (SSSR count). The predicted molar refractivity (Wildman–Crippen MR) is 120 cm³/mol. The van der Waals surface area contributed by atoms with Gasteiger partial charge in [-0.15, -0.1) is 0 Å². The van der Waals surface area contributed by atoms with E-state index in [1.165, 1.54) is 17.2 Å². The summed E-state index contributed by atoms with van der Waals surface area (Å²) in [5.41, 5.74) is 4.53. The highest BCUT2D eigenvalue weighted by Gasteiger charge is 2.16. The van der Waals surface area contributed by atoms with Crippen LogP contribution in [0.5, 0.6) is 11.5 Å². The Hall–Kier alpha value is -2.90. The van der Waals surface area contributed by atoms with Crippen molar-refractivity contribution >= 4 is 34.4 Å². The van der Waals surface area contributed by atoms with E-state index in [9.17, 15) is 9.90 Å². The van der Waals surface area contributed by atoms with Crippen LogP contribution in [0.3, 0.4) is 0 Å². The smallest absolute Gasteiger partial charge is 0.504 e. The lowest BCUT2D eigenvalue weighted by molar-refractivity contribution is 0.143. The van der Waals surface area contributed by atoms with Gasteiger partial charge in [0, 0.05) is 41.5 Å². The number of fused-ring (bicyclic) bond motifs is 1. The molecule has 0 aliphatic carbocycles. The summed E-state index contributed by atoms with van der Waals surface area (Å²) < 4.78 is 4.66. The molecular formula is C23H24N2O4S. The van der Waals surface area contributed by atoms with Crippen molar-refractivity contribution in [2.45, 2.75) is 24.6 Å². The van der Waals surface area contributed by atoms with Gasteiger partial charge in [0.2, 0.25) is 0 Å². The van der Waals surface area contributed by atoms with Crippen molar-refractivity contribution in [3.05, 3.63) is 65.9 Å². The summed E-state index contributed by atoms with van der Waals surface area (Å²) in [5, 5.41) is 23.2. The molecule has 0 radical (unpaired) electrons. The number of phenolic OH excluding ortho intramolecular Hbond substituents is 1. The Morgan fingerprint density at radius 2 is 2.07 bits per heavy atom. The third kappa shape index (κ3) is 4.80. The molecule has 2 heterocycles. The van der Waals surface area contributed by atoms with Crippen molar-refractivity contribution in [1.29, 1.82) is 0 Å². The van der Waals surface area contributed by atoms with E-state index in [0.29, 0.717) is 6.04 Å². The second-order valence-electron chi connectivity index (χ2n) is 7.29. The molecule has 0 saturated carbocycles. The van der Waals surface area contributed by atoms with Gasteiger partial charge in [-0.3, -0.25) is 0 Å². The van der Waals surface area contributed by atoms with Crippen LogP contribution in [0.15, 0.2) is 54.7 Å². The van der Waals surface area contributed by atoms with Gasteiger partial charge < -0.3 is 25.3 Å². The number of rotatable bonds is 7. The van der Waals surface area contributed by atoms with E-state index < -0.39 is 6.16 Å². The maximum absolute atomic E-state index is 10.8. The van der Waals surface area contributed by atoms with Crippen molar-refractivity contribution in [1.82, 2.24) is 10.3 Å². The van der Waals surface area contributed by atoms with Crippen LogP contribution in [-0.4, -0.2) is 39.7 Å². The molecule has 1 aliphatic heterocycles. The number of thioether (sulfide) groups is 1. The van der Waals surface area contributed by atoms with Gasteiger partial charge in [-0.1, -0.05) is 36.4 Å². The first-order valence-electron chi connectivity index (χ1n) is 9.89. The maximum Gasteiger partial charge on any atom is 0.511 e. The molecule has 7 heteroatoms. The first-order chi connectivity index (χ1) is 14.6. The number of phenols is 1. The molecule has 0 fully saturated rings. The van der Waals surface area contributed by atoms with Gasteiger partial charge in [0.05, 0.1) is 0 Å². The molecule has 0 saturated heterocycles. The number of ether oxygens (including phenoxy) is 1. The highest BCUT2D eigenvalue weighted by molar-refractivity contribution is 7.98. The second kappa shape index (κ2) is 9.28. The summed E-state index contributed by atoms with van der Waals surface area (Å²) in [6.45, 7) is 0.901. The number of aromatic nitrogens is 1. The van der Waals surface area contributed by atoms with Crippen LogP contribution in [-0.2, 0) is 5.75 Å². The zero-order valence-electron chi connectivity index (χ0n) is 16.4.